The summed E-state index contributed by atoms with van der Waals surface area (Å²) < 4.78 is 24.9. The highest BCUT2D eigenvalue weighted by Gasteiger charge is 2.33. The summed E-state index contributed by atoms with van der Waals surface area (Å²) in [7, 11) is 0. The molecule has 2 aromatic carbocycles. The van der Waals surface area contributed by atoms with E-state index in [2.05, 4.69) is 22.3 Å². The quantitative estimate of drug-likeness (QED) is 0.551. The summed E-state index contributed by atoms with van der Waals surface area (Å²) in [5.74, 6) is -0.186. The molecule has 5 rings (SSSR count). The van der Waals surface area contributed by atoms with Gasteiger partial charge in [-0.2, -0.15) is 0 Å². The van der Waals surface area contributed by atoms with Crippen LogP contribution in [-0.2, 0) is 32.1 Å². The normalized spacial score (nSPS) is 20.2. The number of esters is 1. The van der Waals surface area contributed by atoms with Crippen LogP contribution in [0.5, 0.6) is 0 Å². The van der Waals surface area contributed by atoms with E-state index in [0.29, 0.717) is 35.8 Å². The summed E-state index contributed by atoms with van der Waals surface area (Å²) in [5.41, 5.74) is 4.66. The molecule has 0 radical (unpaired) electrons. The van der Waals surface area contributed by atoms with Crippen LogP contribution >= 0.6 is 0 Å². The van der Waals surface area contributed by atoms with Crippen LogP contribution in [0.25, 0.3) is 11.3 Å². The molecule has 0 spiro atoms. The number of nitrogens with zero attached hydrogens (tertiary/aromatic N) is 1. The van der Waals surface area contributed by atoms with Crippen molar-refractivity contribution in [3.63, 3.8) is 0 Å². The van der Waals surface area contributed by atoms with Crippen LogP contribution in [-0.4, -0.2) is 43.0 Å². The lowest BCUT2D eigenvalue weighted by atomic mass is 9.96. The molecule has 0 atom stereocenters. The summed E-state index contributed by atoms with van der Waals surface area (Å²) in [5, 5.41) is 2.79. The number of nitrogens with one attached hydrogen (secondary N) is 1. The summed E-state index contributed by atoms with van der Waals surface area (Å²) in [6.07, 6.45) is 2.59. The highest BCUT2D eigenvalue weighted by Crippen LogP contribution is 2.42. The Bertz CT molecular complexity index is 1140. The summed E-state index contributed by atoms with van der Waals surface area (Å²) in [6, 6.07) is 10.5. The summed E-state index contributed by atoms with van der Waals surface area (Å²) >= 11 is 0. The van der Waals surface area contributed by atoms with Crippen LogP contribution < -0.4 is 5.32 Å². The van der Waals surface area contributed by atoms with E-state index in [0.717, 1.165) is 50.0 Å². The number of fused-ring (bicyclic) bond motifs is 2. The molecule has 2 aromatic rings. The molecule has 172 valence electrons. The van der Waals surface area contributed by atoms with Gasteiger partial charge in [-0.25, -0.2) is 4.39 Å². The largest absolute Gasteiger partial charge is 0.487 e. The maximum atomic E-state index is 13.8. The fourth-order valence-corrected chi connectivity index (χ4v) is 4.88. The smallest absolute Gasteiger partial charge is 0.309 e. The number of hydrogen-bond donors (Lipinski definition) is 1. The average Bonchev–Trinajstić information content (AvgIpc) is 3.37. The topological polar surface area (TPSA) is 67.9 Å². The maximum Gasteiger partial charge on any atom is 0.309 e. The molecule has 3 heterocycles. The van der Waals surface area contributed by atoms with Gasteiger partial charge >= 0.3 is 5.97 Å². The monoisotopic (exact) mass is 450 g/mol. The van der Waals surface area contributed by atoms with E-state index in [-0.39, 0.29) is 23.6 Å². The van der Waals surface area contributed by atoms with Gasteiger partial charge in [-0.3, -0.25) is 9.59 Å². The summed E-state index contributed by atoms with van der Waals surface area (Å²) in [6.45, 7) is 5.41. The van der Waals surface area contributed by atoms with Crippen LogP contribution in [0.4, 0.5) is 10.1 Å². The highest BCUT2D eigenvalue weighted by atomic mass is 19.1. The molecule has 1 fully saturated rings. The second-order valence-electron chi connectivity index (χ2n) is 8.75. The van der Waals surface area contributed by atoms with E-state index in [1.807, 2.05) is 13.0 Å². The lowest BCUT2D eigenvalue weighted by Gasteiger charge is -2.30. The van der Waals surface area contributed by atoms with Gasteiger partial charge in [-0.15, -0.1) is 0 Å². The van der Waals surface area contributed by atoms with Crippen LogP contribution in [0.1, 0.15) is 42.0 Å². The molecule has 1 amide bonds. The molecule has 33 heavy (non-hydrogen) atoms. The lowest BCUT2D eigenvalue weighted by Crippen LogP contribution is -2.38. The molecule has 1 saturated heterocycles. The molecular weight excluding hydrogens is 423 g/mol. The minimum Gasteiger partial charge on any atom is -0.487 e. The van der Waals surface area contributed by atoms with Crippen molar-refractivity contribution in [1.82, 2.24) is 4.90 Å². The van der Waals surface area contributed by atoms with Crippen molar-refractivity contribution in [2.24, 2.45) is 5.92 Å². The van der Waals surface area contributed by atoms with Gasteiger partial charge in [-0.1, -0.05) is 18.2 Å². The van der Waals surface area contributed by atoms with Gasteiger partial charge in [0.2, 0.25) is 0 Å². The number of anilines is 1. The van der Waals surface area contributed by atoms with Crippen LogP contribution in [0, 0.1) is 11.7 Å². The standard InChI is InChI=1S/C26H27FN2O4/c1-2-32-26(31)17-8-11-29(12-9-17)10-7-16-3-5-20-18(13-16)15-33-24(20)23-21-14-19(27)4-6-22(21)28-25(23)30/h3-6,13-14,17H,2,7-12,15H2,1H3,(H,28,30)/b24-23+. The Labute approximate surface area is 192 Å². The van der Waals surface area contributed by atoms with Gasteiger partial charge in [0.1, 0.15) is 18.2 Å². The zero-order valence-corrected chi connectivity index (χ0v) is 18.7. The molecule has 0 aromatic heterocycles. The molecule has 7 heteroatoms. The van der Waals surface area contributed by atoms with Crippen molar-refractivity contribution >= 4 is 28.9 Å². The van der Waals surface area contributed by atoms with Crippen LogP contribution in [0.3, 0.4) is 0 Å². The van der Waals surface area contributed by atoms with E-state index in [4.69, 9.17) is 9.47 Å². The van der Waals surface area contributed by atoms with E-state index < -0.39 is 0 Å². The summed E-state index contributed by atoms with van der Waals surface area (Å²) in [4.78, 5) is 26.9. The Hall–Kier alpha value is -3.19. The minimum absolute atomic E-state index is 0.0243. The van der Waals surface area contributed by atoms with Crippen LogP contribution in [0.15, 0.2) is 36.4 Å². The number of carbonyl (C=O) groups excluding carboxylic acids is 2. The molecule has 3 aliphatic rings. The van der Waals surface area contributed by atoms with Crippen molar-refractivity contribution in [3.8, 4) is 0 Å². The first-order chi connectivity index (χ1) is 16.0. The second-order valence-corrected chi connectivity index (χ2v) is 8.75. The third-order valence-corrected chi connectivity index (χ3v) is 6.66. The van der Waals surface area contributed by atoms with Crippen molar-refractivity contribution in [2.75, 3.05) is 31.6 Å². The number of halogens is 1. The molecule has 6 nitrogen and oxygen atoms in total. The molecule has 0 unspecified atom stereocenters. The van der Waals surface area contributed by atoms with Gasteiger partial charge in [0.25, 0.3) is 5.91 Å². The lowest BCUT2D eigenvalue weighted by molar-refractivity contribution is -0.149. The Morgan fingerprint density at radius 1 is 1.18 bits per heavy atom. The van der Waals surface area contributed by atoms with E-state index in [1.54, 1.807) is 6.07 Å². The average molecular weight is 451 g/mol. The van der Waals surface area contributed by atoms with Gasteiger partial charge in [0.15, 0.2) is 0 Å². The molecule has 0 bridgehead atoms. The minimum atomic E-state index is -0.386. The second kappa shape index (κ2) is 8.98. The molecule has 0 saturated carbocycles. The zero-order valence-electron chi connectivity index (χ0n) is 18.7. The zero-order chi connectivity index (χ0) is 22.9. The van der Waals surface area contributed by atoms with Crippen molar-refractivity contribution < 1.29 is 23.5 Å². The van der Waals surface area contributed by atoms with E-state index in [9.17, 15) is 14.0 Å². The Morgan fingerprint density at radius 2 is 2.00 bits per heavy atom. The van der Waals surface area contributed by atoms with E-state index in [1.165, 1.54) is 17.7 Å². The molecule has 1 N–H and O–H groups in total. The fourth-order valence-electron chi connectivity index (χ4n) is 4.88. The third-order valence-electron chi connectivity index (χ3n) is 6.66. The Morgan fingerprint density at radius 3 is 2.79 bits per heavy atom. The Kier molecular flexibility index (Phi) is 5.89. The van der Waals surface area contributed by atoms with Gasteiger partial charge in [-0.05, 0) is 63.0 Å². The molecule has 3 aliphatic heterocycles. The fraction of sp³-hybridized carbons (Fsp3) is 0.385. The number of carbonyl (C=O) groups is 2. The number of ether oxygens (including phenoxy) is 2. The van der Waals surface area contributed by atoms with Crippen molar-refractivity contribution in [2.45, 2.75) is 32.8 Å². The number of hydrogen-bond acceptors (Lipinski definition) is 5. The molecule has 0 aliphatic carbocycles. The Balaban J connectivity index is 1.26. The predicted molar refractivity (Wildman–Crippen MR) is 123 cm³/mol. The van der Waals surface area contributed by atoms with Gasteiger partial charge < -0.3 is 19.7 Å². The van der Waals surface area contributed by atoms with Crippen molar-refractivity contribution in [1.29, 1.82) is 0 Å². The maximum absolute atomic E-state index is 13.8. The first-order valence-electron chi connectivity index (χ1n) is 11.5. The van der Waals surface area contributed by atoms with Crippen molar-refractivity contribution in [3.05, 3.63) is 64.5 Å². The van der Waals surface area contributed by atoms with Gasteiger partial charge in [0, 0.05) is 28.9 Å². The SMILES string of the molecule is CCOC(=O)C1CCN(CCc2ccc3c(c2)CO/C3=C2/C(=O)Nc3ccc(F)cc32)CC1. The molecular formula is C26H27FN2O4. The van der Waals surface area contributed by atoms with E-state index >= 15 is 0 Å². The first-order valence-corrected chi connectivity index (χ1v) is 11.5. The first kappa shape index (κ1) is 21.6. The number of amides is 1. The number of rotatable bonds is 5. The van der Waals surface area contributed by atoms with Gasteiger partial charge in [0.05, 0.1) is 18.1 Å². The number of piperidine rings is 1. The third kappa shape index (κ3) is 4.25. The highest BCUT2D eigenvalue weighted by molar-refractivity contribution is 6.36. The van der Waals surface area contributed by atoms with Crippen LogP contribution in [0.2, 0.25) is 0 Å². The predicted octanol–water partition coefficient (Wildman–Crippen LogP) is 3.99. The number of benzene rings is 2. The number of likely N-dealkylation sites (tertiary alicyclic amines) is 1.